The molecule has 5 nitrogen and oxygen atoms in total. The molecule has 0 amide bonds. The van der Waals surface area contributed by atoms with Gasteiger partial charge in [-0.15, -0.1) is 0 Å². The van der Waals surface area contributed by atoms with Crippen LogP contribution >= 0.6 is 23.2 Å². The van der Waals surface area contributed by atoms with Gasteiger partial charge in [0.15, 0.2) is 11.5 Å². The van der Waals surface area contributed by atoms with Gasteiger partial charge in [0.05, 0.1) is 25.5 Å². The molecule has 2 aliphatic rings. The van der Waals surface area contributed by atoms with Crippen molar-refractivity contribution in [1.82, 2.24) is 0 Å². The quantitative estimate of drug-likeness (QED) is 0.786. The van der Waals surface area contributed by atoms with Gasteiger partial charge in [-0.2, -0.15) is 0 Å². The molecule has 0 saturated carbocycles. The molecule has 1 N–H and O–H groups in total. The number of hydrogen-bond donors (Lipinski definition) is 1. The van der Waals surface area contributed by atoms with Crippen LogP contribution in [0.15, 0.2) is 41.6 Å². The highest BCUT2D eigenvalue weighted by atomic mass is 35.5. The molecule has 2 heterocycles. The van der Waals surface area contributed by atoms with Crippen molar-refractivity contribution in [3.05, 3.63) is 62.8 Å². The lowest BCUT2D eigenvalue weighted by Crippen LogP contribution is -2.20. The van der Waals surface area contributed by atoms with Crippen LogP contribution < -0.4 is 14.8 Å². The van der Waals surface area contributed by atoms with E-state index in [1.807, 2.05) is 18.2 Å². The molecule has 0 bridgehead atoms. The van der Waals surface area contributed by atoms with E-state index in [-0.39, 0.29) is 18.5 Å². The molecule has 0 aliphatic carbocycles. The molecule has 0 radical (unpaired) electrons. The van der Waals surface area contributed by atoms with Crippen molar-refractivity contribution in [3.63, 3.8) is 0 Å². The smallest absolute Gasteiger partial charge is 0.337 e. The van der Waals surface area contributed by atoms with Crippen molar-refractivity contribution >= 4 is 34.9 Å². The van der Waals surface area contributed by atoms with E-state index in [2.05, 4.69) is 5.32 Å². The minimum atomic E-state index is -0.388. The highest BCUT2D eigenvalue weighted by molar-refractivity contribution is 6.35. The number of hydrogen-bond acceptors (Lipinski definition) is 5. The van der Waals surface area contributed by atoms with E-state index in [1.54, 1.807) is 26.4 Å². The van der Waals surface area contributed by atoms with Gasteiger partial charge in [0.25, 0.3) is 0 Å². The number of anilines is 1. The standard InChI is InChI=1S/C19H15Cl2NO4/c1-24-15-6-11-13(7-16(15)25-2)22-14-8-26-19(23)18(14)17(11)10-4-3-9(20)5-12(10)21/h3-7,17,22H,8H2,1-2H3/t17-/m1/s1. The first-order valence-corrected chi connectivity index (χ1v) is 8.67. The predicted molar refractivity (Wildman–Crippen MR) is 99.5 cm³/mol. The van der Waals surface area contributed by atoms with Gasteiger partial charge in [0.1, 0.15) is 6.61 Å². The fourth-order valence-electron chi connectivity index (χ4n) is 3.43. The van der Waals surface area contributed by atoms with Gasteiger partial charge in [-0.1, -0.05) is 29.3 Å². The average Bonchev–Trinajstić information content (AvgIpc) is 3.00. The first-order chi connectivity index (χ1) is 12.5. The highest BCUT2D eigenvalue weighted by Gasteiger charge is 2.39. The molecule has 26 heavy (non-hydrogen) atoms. The molecule has 7 heteroatoms. The number of carbonyl (C=O) groups excluding carboxylic acids is 1. The average molecular weight is 392 g/mol. The number of rotatable bonds is 3. The van der Waals surface area contributed by atoms with Crippen LogP contribution in [-0.4, -0.2) is 26.8 Å². The molecule has 4 rings (SSSR count). The Morgan fingerprint density at radius 1 is 1.08 bits per heavy atom. The second-order valence-electron chi connectivity index (χ2n) is 5.99. The second kappa shape index (κ2) is 6.41. The van der Waals surface area contributed by atoms with E-state index in [4.69, 9.17) is 37.4 Å². The van der Waals surface area contributed by atoms with Crippen molar-refractivity contribution in [3.8, 4) is 11.5 Å². The van der Waals surface area contributed by atoms with Gasteiger partial charge < -0.3 is 19.5 Å². The van der Waals surface area contributed by atoms with Gasteiger partial charge >= 0.3 is 5.97 Å². The monoisotopic (exact) mass is 391 g/mol. The zero-order chi connectivity index (χ0) is 18.4. The van der Waals surface area contributed by atoms with E-state index in [0.29, 0.717) is 27.1 Å². The van der Waals surface area contributed by atoms with Gasteiger partial charge in [-0.05, 0) is 29.3 Å². The number of methoxy groups -OCH3 is 2. The summed E-state index contributed by atoms with van der Waals surface area (Å²) in [4.78, 5) is 12.4. The summed E-state index contributed by atoms with van der Waals surface area (Å²) in [6, 6.07) is 8.95. The zero-order valence-corrected chi connectivity index (χ0v) is 15.6. The summed E-state index contributed by atoms with van der Waals surface area (Å²) in [6.07, 6.45) is 0. The Labute approximate surface area is 160 Å². The summed E-state index contributed by atoms with van der Waals surface area (Å²) < 4.78 is 16.1. The van der Waals surface area contributed by atoms with Crippen LogP contribution in [0, 0.1) is 0 Å². The Kier molecular flexibility index (Phi) is 4.21. The predicted octanol–water partition coefficient (Wildman–Crippen LogP) is 4.38. The Bertz CT molecular complexity index is 955. The number of ether oxygens (including phenoxy) is 3. The summed E-state index contributed by atoms with van der Waals surface area (Å²) in [7, 11) is 3.15. The number of benzene rings is 2. The van der Waals surface area contributed by atoms with Crippen LogP contribution in [0.5, 0.6) is 11.5 Å². The third-order valence-corrected chi connectivity index (χ3v) is 5.17. The molecule has 0 spiro atoms. The molecule has 0 aromatic heterocycles. The lowest BCUT2D eigenvalue weighted by Gasteiger charge is -2.28. The number of esters is 1. The fourth-order valence-corrected chi connectivity index (χ4v) is 3.95. The van der Waals surface area contributed by atoms with Crippen molar-refractivity contribution < 1.29 is 19.0 Å². The van der Waals surface area contributed by atoms with Crippen LogP contribution in [0.4, 0.5) is 5.69 Å². The minimum Gasteiger partial charge on any atom is -0.493 e. The van der Waals surface area contributed by atoms with E-state index in [9.17, 15) is 4.79 Å². The lowest BCUT2D eigenvalue weighted by atomic mass is 9.81. The highest BCUT2D eigenvalue weighted by Crippen LogP contribution is 2.49. The maximum atomic E-state index is 12.4. The number of nitrogens with one attached hydrogen (secondary N) is 1. The molecule has 0 unspecified atom stereocenters. The molecule has 2 aliphatic heterocycles. The Morgan fingerprint density at radius 3 is 2.50 bits per heavy atom. The van der Waals surface area contributed by atoms with Crippen molar-refractivity contribution in [1.29, 1.82) is 0 Å². The van der Waals surface area contributed by atoms with Gasteiger partial charge in [-0.3, -0.25) is 0 Å². The number of cyclic esters (lactones) is 1. The maximum Gasteiger partial charge on any atom is 0.337 e. The third-order valence-electron chi connectivity index (χ3n) is 4.61. The number of fused-ring (bicyclic) bond motifs is 1. The summed E-state index contributed by atoms with van der Waals surface area (Å²) in [5.74, 6) is 0.414. The van der Waals surface area contributed by atoms with Crippen molar-refractivity contribution in [2.45, 2.75) is 5.92 Å². The summed E-state index contributed by atoms with van der Waals surface area (Å²) in [6.45, 7) is 0.198. The molecule has 2 aromatic rings. The number of halogens is 2. The molecule has 2 aromatic carbocycles. The lowest BCUT2D eigenvalue weighted by molar-refractivity contribution is -0.136. The van der Waals surface area contributed by atoms with Crippen molar-refractivity contribution in [2.24, 2.45) is 0 Å². The Balaban J connectivity index is 1.97. The van der Waals surface area contributed by atoms with E-state index < -0.39 is 0 Å². The third kappa shape index (κ3) is 2.59. The normalized spacial score (nSPS) is 18.0. The largest absolute Gasteiger partial charge is 0.493 e. The Morgan fingerprint density at radius 2 is 1.81 bits per heavy atom. The summed E-state index contributed by atoms with van der Waals surface area (Å²) in [5.41, 5.74) is 3.72. The van der Waals surface area contributed by atoms with Crippen LogP contribution in [0.1, 0.15) is 17.0 Å². The first kappa shape index (κ1) is 17.1. The fraction of sp³-hybridized carbons (Fsp3) is 0.211. The zero-order valence-electron chi connectivity index (χ0n) is 14.1. The summed E-state index contributed by atoms with van der Waals surface area (Å²) >= 11 is 12.5. The molecule has 0 fully saturated rings. The molecular formula is C19H15Cl2NO4. The van der Waals surface area contributed by atoms with E-state index in [0.717, 1.165) is 22.5 Å². The van der Waals surface area contributed by atoms with E-state index in [1.165, 1.54) is 0 Å². The SMILES string of the molecule is COc1cc2c(cc1OC)[C@@H](c1ccc(Cl)cc1Cl)C1=C(COC1=O)N2. The Hall–Kier alpha value is -2.37. The van der Waals surface area contributed by atoms with Crippen LogP contribution in [-0.2, 0) is 9.53 Å². The minimum absolute atomic E-state index is 0.198. The van der Waals surface area contributed by atoms with Gasteiger partial charge in [0.2, 0.25) is 0 Å². The molecule has 134 valence electrons. The van der Waals surface area contributed by atoms with E-state index >= 15 is 0 Å². The molecular weight excluding hydrogens is 377 g/mol. The second-order valence-corrected chi connectivity index (χ2v) is 6.83. The topological polar surface area (TPSA) is 56.8 Å². The molecule has 1 atom stereocenters. The van der Waals surface area contributed by atoms with Gasteiger partial charge in [0, 0.05) is 27.7 Å². The maximum absolute atomic E-state index is 12.4. The van der Waals surface area contributed by atoms with Crippen LogP contribution in [0.25, 0.3) is 0 Å². The summed E-state index contributed by atoms with van der Waals surface area (Å²) in [5, 5.41) is 4.29. The number of carbonyl (C=O) groups is 1. The first-order valence-electron chi connectivity index (χ1n) is 7.91. The van der Waals surface area contributed by atoms with Crippen molar-refractivity contribution in [2.75, 3.05) is 26.1 Å². The van der Waals surface area contributed by atoms with Crippen LogP contribution in [0.3, 0.4) is 0 Å². The molecule has 0 saturated heterocycles. The van der Waals surface area contributed by atoms with Crippen LogP contribution in [0.2, 0.25) is 10.0 Å². The van der Waals surface area contributed by atoms with Gasteiger partial charge in [-0.25, -0.2) is 4.79 Å².